The van der Waals surface area contributed by atoms with Crippen molar-refractivity contribution < 1.29 is 33.2 Å². The predicted molar refractivity (Wildman–Crippen MR) is 168 cm³/mol. The van der Waals surface area contributed by atoms with Gasteiger partial charge in [0.2, 0.25) is 0 Å². The number of hydrogen-bond donors (Lipinski definition) is 0. The van der Waals surface area contributed by atoms with E-state index in [4.69, 9.17) is 33.4 Å². The molecule has 0 fully saturated rings. The van der Waals surface area contributed by atoms with E-state index in [1.165, 1.54) is 0 Å². The van der Waals surface area contributed by atoms with Gasteiger partial charge >= 0.3 is 5.97 Å². The number of esters is 1. The van der Waals surface area contributed by atoms with E-state index in [2.05, 4.69) is 16.7 Å². The largest absolute Gasteiger partial charge is 0.467 e. The van der Waals surface area contributed by atoms with Gasteiger partial charge in [-0.1, -0.05) is 60.7 Å². The fourth-order valence-electron chi connectivity index (χ4n) is 5.01. The Bertz CT molecular complexity index is 1670. The topological polar surface area (TPSA) is 90.3 Å². The molecule has 2 heterocycles. The summed E-state index contributed by atoms with van der Waals surface area (Å²) in [5.41, 5.74) is 5.52. The van der Waals surface area contributed by atoms with Crippen LogP contribution in [-0.2, 0) is 32.1 Å². The van der Waals surface area contributed by atoms with Gasteiger partial charge in [0.05, 0.1) is 25.5 Å². The van der Waals surface area contributed by atoms with Crippen LogP contribution in [0.3, 0.4) is 0 Å². The van der Waals surface area contributed by atoms with Gasteiger partial charge < -0.3 is 33.0 Å². The Morgan fingerprint density at radius 2 is 1.57 bits per heavy atom. The third-order valence-corrected chi connectivity index (χ3v) is 6.91. The first kappa shape index (κ1) is 30.7. The van der Waals surface area contributed by atoms with Crippen LogP contribution in [-0.4, -0.2) is 56.5 Å². The maximum absolute atomic E-state index is 12.8. The Hall–Kier alpha value is -4.70. The zero-order valence-corrected chi connectivity index (χ0v) is 25.2. The summed E-state index contributed by atoms with van der Waals surface area (Å²) in [6, 6.07) is 29.4. The van der Waals surface area contributed by atoms with Crippen LogP contribution in [0.25, 0.3) is 33.4 Å². The van der Waals surface area contributed by atoms with Gasteiger partial charge in [-0.15, -0.1) is 0 Å². The van der Waals surface area contributed by atoms with Crippen LogP contribution in [0.15, 0.2) is 91.0 Å². The molecule has 0 atom stereocenters. The zero-order valence-electron chi connectivity index (χ0n) is 25.2. The molecule has 5 rings (SSSR count). The molecule has 9 heteroatoms. The summed E-state index contributed by atoms with van der Waals surface area (Å²) in [7, 11) is 3.14. The summed E-state index contributed by atoms with van der Waals surface area (Å²) >= 11 is 0. The summed E-state index contributed by atoms with van der Waals surface area (Å²) in [5, 5.41) is 0.875. The molecule has 0 radical (unpaired) electrons. The first-order chi connectivity index (χ1) is 21.6. The van der Waals surface area contributed by atoms with Crippen LogP contribution in [0.5, 0.6) is 11.5 Å². The molecule has 0 saturated heterocycles. The number of hydrogen-bond acceptors (Lipinski definition) is 8. The van der Waals surface area contributed by atoms with Crippen LogP contribution in [0.1, 0.15) is 23.0 Å². The maximum Gasteiger partial charge on any atom is 0.356 e. The van der Waals surface area contributed by atoms with Gasteiger partial charge in [-0.25, -0.2) is 9.78 Å². The second-order valence-corrected chi connectivity index (χ2v) is 9.83. The molecule has 5 aromatic rings. The highest BCUT2D eigenvalue weighted by Gasteiger charge is 2.25. The highest BCUT2D eigenvalue weighted by molar-refractivity contribution is 6.05. The fourth-order valence-corrected chi connectivity index (χ4v) is 5.01. The van der Waals surface area contributed by atoms with E-state index in [0.717, 1.165) is 33.3 Å². The predicted octanol–water partition coefficient (Wildman–Crippen LogP) is 6.73. The monoisotopic (exact) mass is 596 g/mol. The molecule has 0 saturated carbocycles. The van der Waals surface area contributed by atoms with Gasteiger partial charge in [0, 0.05) is 43.3 Å². The number of carbonyl (C=O) groups excluding carboxylic acids is 1. The first-order valence-corrected chi connectivity index (χ1v) is 14.4. The van der Waals surface area contributed by atoms with E-state index >= 15 is 0 Å². The van der Waals surface area contributed by atoms with Gasteiger partial charge in [-0.3, -0.25) is 0 Å². The van der Waals surface area contributed by atoms with Crippen molar-refractivity contribution in [3.05, 3.63) is 102 Å². The molecule has 0 unspecified atom stereocenters. The molecule has 2 aromatic heterocycles. The second kappa shape index (κ2) is 15.2. The summed E-state index contributed by atoms with van der Waals surface area (Å²) in [6.45, 7) is 3.48. The molecular formula is C35H36N2O7. The Balaban J connectivity index is 1.69. The van der Waals surface area contributed by atoms with Crippen LogP contribution in [0, 0.1) is 0 Å². The lowest BCUT2D eigenvalue weighted by atomic mass is 9.98. The van der Waals surface area contributed by atoms with Crippen LogP contribution in [0.2, 0.25) is 0 Å². The van der Waals surface area contributed by atoms with Crippen molar-refractivity contribution in [1.82, 2.24) is 9.55 Å². The smallest absolute Gasteiger partial charge is 0.356 e. The summed E-state index contributed by atoms with van der Waals surface area (Å²) < 4.78 is 35.7. The number of pyridine rings is 1. The molecule has 44 heavy (non-hydrogen) atoms. The zero-order chi connectivity index (χ0) is 30.7. The SMILES string of the molecule is CCOC(=O)c1ccc2c(-c3ccccc3)c(-c3ccc(OCOC)cc3OCOC)n(CCOCc3ccccc3)c2n1. The van der Waals surface area contributed by atoms with E-state index in [1.54, 1.807) is 27.2 Å². The third-order valence-electron chi connectivity index (χ3n) is 6.91. The number of benzene rings is 3. The van der Waals surface area contributed by atoms with Crippen LogP contribution >= 0.6 is 0 Å². The van der Waals surface area contributed by atoms with Crippen molar-refractivity contribution in [3.63, 3.8) is 0 Å². The molecule has 9 nitrogen and oxygen atoms in total. The number of methoxy groups -OCH3 is 2. The van der Waals surface area contributed by atoms with Crippen molar-refractivity contribution >= 4 is 17.0 Å². The van der Waals surface area contributed by atoms with E-state index in [9.17, 15) is 4.79 Å². The molecule has 0 spiro atoms. The van der Waals surface area contributed by atoms with Gasteiger partial charge in [-0.05, 0) is 42.3 Å². The van der Waals surface area contributed by atoms with Crippen molar-refractivity contribution in [2.45, 2.75) is 20.1 Å². The van der Waals surface area contributed by atoms with Crippen molar-refractivity contribution in [2.24, 2.45) is 0 Å². The lowest BCUT2D eigenvalue weighted by molar-refractivity contribution is 0.0462. The highest BCUT2D eigenvalue weighted by Crippen LogP contribution is 2.44. The Morgan fingerprint density at radius 3 is 2.30 bits per heavy atom. The van der Waals surface area contributed by atoms with E-state index in [0.29, 0.717) is 36.9 Å². The molecule has 0 bridgehead atoms. The second-order valence-electron chi connectivity index (χ2n) is 9.83. The summed E-state index contributed by atoms with van der Waals surface area (Å²) in [4.78, 5) is 17.6. The molecule has 0 N–H and O–H groups in total. The average Bonchev–Trinajstić information content (AvgIpc) is 3.38. The highest BCUT2D eigenvalue weighted by atomic mass is 16.7. The van der Waals surface area contributed by atoms with Crippen molar-refractivity contribution in [3.8, 4) is 33.9 Å². The van der Waals surface area contributed by atoms with Crippen LogP contribution < -0.4 is 9.47 Å². The van der Waals surface area contributed by atoms with Crippen LogP contribution in [0.4, 0.5) is 0 Å². The summed E-state index contributed by atoms with van der Waals surface area (Å²) in [6.07, 6.45) is 0. The molecule has 0 aliphatic rings. The quantitative estimate of drug-likeness (QED) is 0.0747. The first-order valence-electron chi connectivity index (χ1n) is 14.4. The minimum absolute atomic E-state index is 0.0348. The average molecular weight is 597 g/mol. The Morgan fingerprint density at radius 1 is 0.841 bits per heavy atom. The lowest BCUT2D eigenvalue weighted by Crippen LogP contribution is -2.11. The number of nitrogens with zero attached hydrogens (tertiary/aromatic N) is 2. The number of fused-ring (bicyclic) bond motifs is 1. The minimum atomic E-state index is -0.478. The van der Waals surface area contributed by atoms with Gasteiger partial charge in [0.25, 0.3) is 0 Å². The van der Waals surface area contributed by atoms with Gasteiger partial charge in [0.1, 0.15) is 17.1 Å². The standard InChI is InChI=1S/C35H36N2O7/c1-4-42-35(38)30-18-17-29-32(26-13-9-6-10-14-26)33(28-16-15-27(43-23-39-2)21-31(28)44-24-40-3)37(34(29)36-30)19-20-41-22-25-11-7-5-8-12-25/h5-18,21H,4,19-20,22-24H2,1-3H3. The van der Waals surface area contributed by atoms with E-state index in [1.807, 2.05) is 72.8 Å². The maximum atomic E-state index is 12.8. The Kier molecular flexibility index (Phi) is 10.6. The Labute approximate surface area is 256 Å². The number of carbonyl (C=O) groups is 1. The molecule has 0 aliphatic heterocycles. The van der Waals surface area contributed by atoms with Crippen molar-refractivity contribution in [2.75, 3.05) is 41.0 Å². The number of aromatic nitrogens is 2. The summed E-state index contributed by atoms with van der Waals surface area (Å²) in [5.74, 6) is 0.658. The van der Waals surface area contributed by atoms with Gasteiger partial charge in [-0.2, -0.15) is 0 Å². The minimum Gasteiger partial charge on any atom is -0.467 e. The molecule has 228 valence electrons. The normalized spacial score (nSPS) is 11.1. The van der Waals surface area contributed by atoms with Gasteiger partial charge in [0.15, 0.2) is 19.3 Å². The number of ether oxygens (including phenoxy) is 6. The third kappa shape index (κ3) is 7.08. The molecule has 0 aliphatic carbocycles. The molecular weight excluding hydrogens is 560 g/mol. The molecule has 3 aromatic carbocycles. The number of rotatable bonds is 15. The van der Waals surface area contributed by atoms with E-state index in [-0.39, 0.29) is 25.9 Å². The lowest BCUT2D eigenvalue weighted by Gasteiger charge is -2.17. The van der Waals surface area contributed by atoms with E-state index < -0.39 is 5.97 Å². The fraction of sp³-hybridized carbons (Fsp3) is 0.257. The molecule has 0 amide bonds. The van der Waals surface area contributed by atoms with Crippen molar-refractivity contribution in [1.29, 1.82) is 0 Å².